The Morgan fingerprint density at radius 2 is 1.96 bits per heavy atom. The van der Waals surface area contributed by atoms with Gasteiger partial charge in [-0.05, 0) is 18.8 Å². The average molecular weight is 339 g/mol. The highest BCUT2D eigenvalue weighted by molar-refractivity contribution is 5.99. The summed E-state index contributed by atoms with van der Waals surface area (Å²) in [6.45, 7) is 2.90. The van der Waals surface area contributed by atoms with E-state index in [1.165, 1.54) is 19.0 Å². The summed E-state index contributed by atoms with van der Waals surface area (Å²) in [6.07, 6.45) is 3.83. The smallest absolute Gasteiger partial charge is 0.257 e. The third-order valence-electron chi connectivity index (χ3n) is 5.21. The van der Waals surface area contributed by atoms with E-state index in [9.17, 15) is 9.59 Å². The number of aromatic nitrogens is 1. The summed E-state index contributed by atoms with van der Waals surface area (Å²) < 4.78 is 5.31. The van der Waals surface area contributed by atoms with Crippen LogP contribution in [-0.4, -0.2) is 41.0 Å². The molecule has 1 aromatic heterocycles. The molecular formula is C19H21N3O3. The standard InChI is InChI=1S/C19H21N3O3/c1-12(23)22-10-16(13-7-8-13)17(11-22)21-19(24)15-9-20-25-18(15)14-5-3-2-4-6-14/h2-6,9,13,16-17H,7-8,10-11H2,1H3,(H,21,24)/t16-,17+/m0/s1. The number of amides is 2. The summed E-state index contributed by atoms with van der Waals surface area (Å²) in [4.78, 5) is 26.4. The molecule has 2 amide bonds. The second kappa shape index (κ2) is 6.35. The maximum Gasteiger partial charge on any atom is 0.257 e. The molecule has 1 aromatic carbocycles. The van der Waals surface area contributed by atoms with Gasteiger partial charge >= 0.3 is 0 Å². The zero-order valence-corrected chi connectivity index (χ0v) is 14.1. The maximum atomic E-state index is 12.8. The predicted octanol–water partition coefficient (Wildman–Crippen LogP) is 2.33. The fraction of sp³-hybridized carbons (Fsp3) is 0.421. The minimum Gasteiger partial charge on any atom is -0.355 e. The lowest BCUT2D eigenvalue weighted by molar-refractivity contribution is -0.128. The Labute approximate surface area is 146 Å². The molecule has 2 atom stereocenters. The van der Waals surface area contributed by atoms with E-state index in [0.717, 1.165) is 12.1 Å². The molecule has 6 heteroatoms. The molecule has 0 unspecified atom stereocenters. The molecule has 130 valence electrons. The number of hydrogen-bond donors (Lipinski definition) is 1. The molecule has 2 fully saturated rings. The minimum absolute atomic E-state index is 0.0116. The minimum atomic E-state index is -0.193. The van der Waals surface area contributed by atoms with Crippen LogP contribution >= 0.6 is 0 Å². The molecule has 6 nitrogen and oxygen atoms in total. The van der Waals surface area contributed by atoms with Crippen LogP contribution < -0.4 is 5.32 Å². The highest BCUT2D eigenvalue weighted by Crippen LogP contribution is 2.41. The number of rotatable bonds is 4. The molecule has 4 rings (SSSR count). The van der Waals surface area contributed by atoms with E-state index in [0.29, 0.717) is 29.7 Å². The van der Waals surface area contributed by atoms with E-state index < -0.39 is 0 Å². The van der Waals surface area contributed by atoms with Crippen molar-refractivity contribution in [2.24, 2.45) is 11.8 Å². The molecule has 25 heavy (non-hydrogen) atoms. The number of carbonyl (C=O) groups excluding carboxylic acids is 2. The van der Waals surface area contributed by atoms with Crippen LogP contribution in [0.4, 0.5) is 0 Å². The summed E-state index contributed by atoms with van der Waals surface area (Å²) in [5.41, 5.74) is 1.25. The number of nitrogens with zero attached hydrogens (tertiary/aromatic N) is 2. The first-order valence-electron chi connectivity index (χ1n) is 8.70. The summed E-state index contributed by atoms with van der Waals surface area (Å²) in [5, 5.41) is 6.92. The van der Waals surface area contributed by atoms with Gasteiger partial charge in [0.15, 0.2) is 5.76 Å². The van der Waals surface area contributed by atoms with Crippen molar-refractivity contribution in [3.05, 3.63) is 42.1 Å². The Bertz CT molecular complexity index is 782. The molecule has 0 spiro atoms. The van der Waals surface area contributed by atoms with Crippen LogP contribution in [-0.2, 0) is 4.79 Å². The molecule has 1 aliphatic heterocycles. The maximum absolute atomic E-state index is 12.8. The van der Waals surface area contributed by atoms with Crippen LogP contribution in [0, 0.1) is 11.8 Å². The van der Waals surface area contributed by atoms with E-state index in [1.807, 2.05) is 35.2 Å². The lowest BCUT2D eigenvalue weighted by Crippen LogP contribution is -2.41. The Morgan fingerprint density at radius 3 is 2.64 bits per heavy atom. The third kappa shape index (κ3) is 3.16. The van der Waals surface area contributed by atoms with Crippen LogP contribution in [0.2, 0.25) is 0 Å². The second-order valence-electron chi connectivity index (χ2n) is 6.94. The number of carbonyl (C=O) groups is 2. The predicted molar refractivity (Wildman–Crippen MR) is 91.7 cm³/mol. The average Bonchev–Trinajstić information content (AvgIpc) is 3.18. The van der Waals surface area contributed by atoms with Crippen molar-refractivity contribution in [3.63, 3.8) is 0 Å². The molecule has 2 heterocycles. The van der Waals surface area contributed by atoms with E-state index in [-0.39, 0.29) is 17.9 Å². The van der Waals surface area contributed by atoms with Crippen molar-refractivity contribution in [3.8, 4) is 11.3 Å². The summed E-state index contributed by atoms with van der Waals surface area (Å²) >= 11 is 0. The fourth-order valence-electron chi connectivity index (χ4n) is 3.69. The van der Waals surface area contributed by atoms with E-state index >= 15 is 0 Å². The van der Waals surface area contributed by atoms with E-state index in [4.69, 9.17) is 4.52 Å². The zero-order chi connectivity index (χ0) is 17.4. The Kier molecular flexibility index (Phi) is 4.03. The van der Waals surface area contributed by atoms with Crippen LogP contribution in [0.5, 0.6) is 0 Å². The normalized spacial score (nSPS) is 22.8. The van der Waals surface area contributed by atoms with Crippen molar-refractivity contribution in [1.82, 2.24) is 15.4 Å². The van der Waals surface area contributed by atoms with Crippen molar-refractivity contribution < 1.29 is 14.1 Å². The number of nitrogens with one attached hydrogen (secondary N) is 1. The number of hydrogen-bond acceptors (Lipinski definition) is 4. The van der Waals surface area contributed by atoms with Crippen LogP contribution in [0.25, 0.3) is 11.3 Å². The van der Waals surface area contributed by atoms with Crippen molar-refractivity contribution in [2.75, 3.05) is 13.1 Å². The quantitative estimate of drug-likeness (QED) is 0.928. The van der Waals surface area contributed by atoms with Gasteiger partial charge in [0.05, 0.1) is 12.2 Å². The largest absolute Gasteiger partial charge is 0.355 e. The molecule has 1 N–H and O–H groups in total. The molecule has 2 aliphatic rings. The Hall–Kier alpha value is -2.63. The number of likely N-dealkylation sites (tertiary alicyclic amines) is 1. The van der Waals surface area contributed by atoms with Gasteiger partial charge < -0.3 is 14.7 Å². The van der Waals surface area contributed by atoms with E-state index in [2.05, 4.69) is 10.5 Å². The van der Waals surface area contributed by atoms with Crippen LogP contribution in [0.1, 0.15) is 30.1 Å². The zero-order valence-electron chi connectivity index (χ0n) is 14.1. The summed E-state index contributed by atoms with van der Waals surface area (Å²) in [5.74, 6) is 1.31. The van der Waals surface area contributed by atoms with Crippen molar-refractivity contribution >= 4 is 11.8 Å². The van der Waals surface area contributed by atoms with E-state index in [1.54, 1.807) is 6.92 Å². The molecule has 2 aromatic rings. The first-order chi connectivity index (χ1) is 12.1. The van der Waals surface area contributed by atoms with Gasteiger partial charge in [-0.3, -0.25) is 9.59 Å². The molecule has 0 radical (unpaired) electrons. The highest BCUT2D eigenvalue weighted by Gasteiger charge is 2.44. The Morgan fingerprint density at radius 1 is 1.20 bits per heavy atom. The van der Waals surface area contributed by atoms with Crippen LogP contribution in [0.3, 0.4) is 0 Å². The molecule has 1 saturated carbocycles. The SMILES string of the molecule is CC(=O)N1C[C@@H](NC(=O)c2cnoc2-c2ccccc2)[C@H](C2CC2)C1. The van der Waals surface area contributed by atoms with Gasteiger partial charge in [-0.25, -0.2) is 0 Å². The van der Waals surface area contributed by atoms with Gasteiger partial charge in [0.2, 0.25) is 5.91 Å². The third-order valence-corrected chi connectivity index (χ3v) is 5.21. The van der Waals surface area contributed by atoms with Crippen LogP contribution in [0.15, 0.2) is 41.1 Å². The molecule has 1 aliphatic carbocycles. The lowest BCUT2D eigenvalue weighted by Gasteiger charge is -2.18. The summed E-state index contributed by atoms with van der Waals surface area (Å²) in [7, 11) is 0. The van der Waals surface area contributed by atoms with Gasteiger partial charge in [-0.15, -0.1) is 0 Å². The fourth-order valence-corrected chi connectivity index (χ4v) is 3.69. The molecule has 0 bridgehead atoms. The monoisotopic (exact) mass is 339 g/mol. The van der Waals surface area contributed by atoms with Gasteiger partial charge in [0.25, 0.3) is 5.91 Å². The molecular weight excluding hydrogens is 318 g/mol. The van der Waals surface area contributed by atoms with Crippen molar-refractivity contribution in [1.29, 1.82) is 0 Å². The van der Waals surface area contributed by atoms with Crippen molar-refractivity contribution in [2.45, 2.75) is 25.8 Å². The Balaban J connectivity index is 1.52. The second-order valence-corrected chi connectivity index (χ2v) is 6.94. The number of benzene rings is 1. The van der Waals surface area contributed by atoms with Gasteiger partial charge in [0, 0.05) is 31.5 Å². The topological polar surface area (TPSA) is 75.4 Å². The van der Waals surface area contributed by atoms with Gasteiger partial charge in [-0.1, -0.05) is 35.5 Å². The summed E-state index contributed by atoms with van der Waals surface area (Å²) in [6, 6.07) is 9.46. The first kappa shape index (κ1) is 15.9. The lowest BCUT2D eigenvalue weighted by atomic mass is 9.97. The van der Waals surface area contributed by atoms with Gasteiger partial charge in [-0.2, -0.15) is 0 Å². The first-order valence-corrected chi connectivity index (χ1v) is 8.70. The van der Waals surface area contributed by atoms with Gasteiger partial charge in [0.1, 0.15) is 5.56 Å². The molecule has 1 saturated heterocycles. The highest BCUT2D eigenvalue weighted by atomic mass is 16.5.